The lowest BCUT2D eigenvalue weighted by atomic mass is 10.2. The zero-order chi connectivity index (χ0) is 12.0. The van der Waals surface area contributed by atoms with Crippen LogP contribution in [0.3, 0.4) is 0 Å². The summed E-state index contributed by atoms with van der Waals surface area (Å²) < 4.78 is 5.56. The van der Waals surface area contributed by atoms with Crippen LogP contribution in [0, 0.1) is 11.3 Å². The first kappa shape index (κ1) is 12.1. The minimum Gasteiger partial charge on any atom is -0.489 e. The van der Waals surface area contributed by atoms with Crippen molar-refractivity contribution >= 4 is 5.91 Å². The van der Waals surface area contributed by atoms with E-state index >= 15 is 0 Å². The average molecular weight is 218 g/mol. The van der Waals surface area contributed by atoms with Crippen molar-refractivity contribution in [2.75, 3.05) is 0 Å². The predicted molar refractivity (Wildman–Crippen MR) is 59.9 cm³/mol. The highest BCUT2D eigenvalue weighted by Crippen LogP contribution is 2.15. The topological polar surface area (TPSA) is 76.1 Å². The quantitative estimate of drug-likeness (QED) is 0.819. The summed E-state index contributed by atoms with van der Waals surface area (Å²) in [4.78, 5) is 10.8. The lowest BCUT2D eigenvalue weighted by molar-refractivity contribution is 0.1000. The third-order valence-electron chi connectivity index (χ3n) is 2.22. The first-order chi connectivity index (χ1) is 7.67. The molecule has 0 aliphatic carbocycles. The summed E-state index contributed by atoms with van der Waals surface area (Å²) in [6.07, 6.45) is 1.02. The Morgan fingerprint density at radius 1 is 1.50 bits per heavy atom. The van der Waals surface area contributed by atoms with Crippen molar-refractivity contribution in [3.05, 3.63) is 29.8 Å². The minimum atomic E-state index is -0.462. The highest BCUT2D eigenvalue weighted by Gasteiger charge is 2.07. The van der Waals surface area contributed by atoms with Crippen LogP contribution in [0.4, 0.5) is 0 Å². The third kappa shape index (κ3) is 3.28. The molecule has 1 aromatic rings. The van der Waals surface area contributed by atoms with Gasteiger partial charge in [-0.05, 0) is 30.7 Å². The fourth-order valence-corrected chi connectivity index (χ4v) is 1.26. The van der Waals surface area contributed by atoms with E-state index in [4.69, 9.17) is 15.7 Å². The summed E-state index contributed by atoms with van der Waals surface area (Å²) in [7, 11) is 0. The van der Waals surface area contributed by atoms with Gasteiger partial charge in [0.25, 0.3) is 0 Å². The highest BCUT2D eigenvalue weighted by atomic mass is 16.5. The van der Waals surface area contributed by atoms with Gasteiger partial charge in [-0.2, -0.15) is 5.26 Å². The van der Waals surface area contributed by atoms with Gasteiger partial charge >= 0.3 is 0 Å². The Balaban J connectivity index is 2.68. The number of hydrogen-bond acceptors (Lipinski definition) is 3. The predicted octanol–water partition coefficient (Wildman–Crippen LogP) is 1.86. The molecular formula is C12H14N2O2. The number of primary amides is 1. The molecule has 2 N–H and O–H groups in total. The Bertz CT molecular complexity index is 392. The molecule has 1 amide bonds. The van der Waals surface area contributed by atoms with Gasteiger partial charge in [0.1, 0.15) is 11.9 Å². The van der Waals surface area contributed by atoms with Gasteiger partial charge in [-0.1, -0.05) is 6.92 Å². The zero-order valence-corrected chi connectivity index (χ0v) is 9.14. The molecule has 1 rings (SSSR count). The molecule has 0 saturated carbocycles. The lowest BCUT2D eigenvalue weighted by Crippen LogP contribution is -2.15. The van der Waals surface area contributed by atoms with Gasteiger partial charge in [0.2, 0.25) is 5.91 Å². The number of amides is 1. The summed E-state index contributed by atoms with van der Waals surface area (Å²) in [5, 5.41) is 8.57. The van der Waals surface area contributed by atoms with Crippen LogP contribution in [0.2, 0.25) is 0 Å². The fourth-order valence-electron chi connectivity index (χ4n) is 1.26. The van der Waals surface area contributed by atoms with Crippen LogP contribution in [-0.4, -0.2) is 12.0 Å². The molecule has 4 nitrogen and oxygen atoms in total. The molecule has 0 aliphatic heterocycles. The van der Waals surface area contributed by atoms with Crippen molar-refractivity contribution in [1.29, 1.82) is 5.26 Å². The van der Waals surface area contributed by atoms with Crippen molar-refractivity contribution in [1.82, 2.24) is 0 Å². The number of nitrogens with two attached hydrogens (primary N) is 1. The molecule has 0 saturated heterocycles. The van der Waals surface area contributed by atoms with Crippen LogP contribution >= 0.6 is 0 Å². The first-order valence-electron chi connectivity index (χ1n) is 5.10. The number of hydrogen-bond donors (Lipinski definition) is 1. The molecule has 1 aromatic carbocycles. The van der Waals surface area contributed by atoms with Crippen LogP contribution in [0.5, 0.6) is 5.75 Å². The third-order valence-corrected chi connectivity index (χ3v) is 2.22. The Morgan fingerprint density at radius 3 is 2.56 bits per heavy atom. The number of nitriles is 1. The molecule has 0 radical (unpaired) electrons. The van der Waals surface area contributed by atoms with Gasteiger partial charge in [-0.25, -0.2) is 0 Å². The standard InChI is InChI=1S/C12H14N2O2/c1-2-10(7-8-13)16-11-5-3-9(4-6-11)12(14)15/h3-6,10H,2,7H2,1H3,(H2,14,15). The number of ether oxygens (including phenoxy) is 1. The van der Waals surface area contributed by atoms with Crippen molar-refractivity contribution in [3.63, 3.8) is 0 Å². The zero-order valence-electron chi connectivity index (χ0n) is 9.14. The van der Waals surface area contributed by atoms with Crippen LogP contribution in [0.15, 0.2) is 24.3 Å². The largest absolute Gasteiger partial charge is 0.489 e. The molecule has 0 spiro atoms. The maximum atomic E-state index is 10.8. The normalized spacial score (nSPS) is 11.5. The molecule has 4 heteroatoms. The molecule has 0 aliphatic rings. The van der Waals surface area contributed by atoms with Crippen LogP contribution in [-0.2, 0) is 0 Å². The van der Waals surface area contributed by atoms with Crippen molar-refractivity contribution in [3.8, 4) is 11.8 Å². The van der Waals surface area contributed by atoms with Crippen LogP contribution in [0.25, 0.3) is 0 Å². The van der Waals surface area contributed by atoms with Crippen molar-refractivity contribution < 1.29 is 9.53 Å². The molecule has 0 fully saturated rings. The molecule has 0 heterocycles. The van der Waals surface area contributed by atoms with Gasteiger partial charge in [0, 0.05) is 5.56 Å². The van der Waals surface area contributed by atoms with Gasteiger partial charge < -0.3 is 10.5 Å². The van der Waals surface area contributed by atoms with E-state index in [1.165, 1.54) is 0 Å². The highest BCUT2D eigenvalue weighted by molar-refractivity contribution is 5.92. The summed E-state index contributed by atoms with van der Waals surface area (Å²) in [6, 6.07) is 8.65. The van der Waals surface area contributed by atoms with E-state index in [-0.39, 0.29) is 6.10 Å². The Morgan fingerprint density at radius 2 is 2.12 bits per heavy atom. The van der Waals surface area contributed by atoms with E-state index in [1.807, 2.05) is 6.92 Å². The Kier molecular flexibility index (Phi) is 4.34. The second-order valence-electron chi connectivity index (χ2n) is 3.40. The summed E-state index contributed by atoms with van der Waals surface area (Å²) in [6.45, 7) is 1.96. The Hall–Kier alpha value is -2.02. The second kappa shape index (κ2) is 5.76. The van der Waals surface area contributed by atoms with E-state index in [0.29, 0.717) is 17.7 Å². The van der Waals surface area contributed by atoms with Gasteiger partial charge in [0.15, 0.2) is 0 Å². The monoisotopic (exact) mass is 218 g/mol. The van der Waals surface area contributed by atoms with E-state index in [1.54, 1.807) is 24.3 Å². The fraction of sp³-hybridized carbons (Fsp3) is 0.333. The van der Waals surface area contributed by atoms with Crippen LogP contribution in [0.1, 0.15) is 30.1 Å². The average Bonchev–Trinajstić information content (AvgIpc) is 2.29. The molecule has 1 atom stereocenters. The van der Waals surface area contributed by atoms with E-state index in [9.17, 15) is 4.79 Å². The number of benzene rings is 1. The molecule has 0 aromatic heterocycles. The summed E-state index contributed by atoms with van der Waals surface area (Å²) in [5.74, 6) is 0.183. The number of nitrogens with zero attached hydrogens (tertiary/aromatic N) is 1. The van der Waals surface area contributed by atoms with E-state index in [0.717, 1.165) is 6.42 Å². The smallest absolute Gasteiger partial charge is 0.248 e. The SMILES string of the molecule is CCC(CC#N)Oc1ccc(C(N)=O)cc1. The first-order valence-corrected chi connectivity index (χ1v) is 5.10. The molecule has 16 heavy (non-hydrogen) atoms. The van der Waals surface area contributed by atoms with Crippen molar-refractivity contribution in [2.45, 2.75) is 25.9 Å². The molecule has 0 bridgehead atoms. The lowest BCUT2D eigenvalue weighted by Gasteiger charge is -2.14. The Labute approximate surface area is 94.6 Å². The minimum absolute atomic E-state index is 0.107. The maximum Gasteiger partial charge on any atom is 0.248 e. The number of rotatable bonds is 5. The summed E-state index contributed by atoms with van der Waals surface area (Å²) >= 11 is 0. The van der Waals surface area contributed by atoms with Gasteiger partial charge in [-0.3, -0.25) is 4.79 Å². The van der Waals surface area contributed by atoms with E-state index in [2.05, 4.69) is 6.07 Å². The second-order valence-corrected chi connectivity index (χ2v) is 3.40. The van der Waals surface area contributed by atoms with Crippen molar-refractivity contribution in [2.24, 2.45) is 5.73 Å². The number of carbonyl (C=O) groups is 1. The molecule has 1 unspecified atom stereocenters. The van der Waals surface area contributed by atoms with Gasteiger partial charge in [0.05, 0.1) is 12.5 Å². The number of carbonyl (C=O) groups excluding carboxylic acids is 1. The van der Waals surface area contributed by atoms with E-state index < -0.39 is 5.91 Å². The summed E-state index contributed by atoms with van der Waals surface area (Å²) in [5.41, 5.74) is 5.56. The van der Waals surface area contributed by atoms with Crippen LogP contribution < -0.4 is 10.5 Å². The maximum absolute atomic E-state index is 10.8. The molecule has 84 valence electrons. The molecular weight excluding hydrogens is 204 g/mol. The van der Waals surface area contributed by atoms with Gasteiger partial charge in [-0.15, -0.1) is 0 Å².